The molecule has 1 fully saturated rings. The van der Waals surface area contributed by atoms with Crippen LogP contribution < -0.4 is 11.1 Å². The molecule has 0 aromatic carbocycles. The van der Waals surface area contributed by atoms with E-state index in [1.54, 1.807) is 0 Å². The van der Waals surface area contributed by atoms with Crippen LogP contribution >= 0.6 is 0 Å². The van der Waals surface area contributed by atoms with E-state index in [-0.39, 0.29) is 17.4 Å². The number of hydrogen-bond donors (Lipinski definition) is 4. The largest absolute Gasteiger partial charge is 0.409 e. The third-order valence-electron chi connectivity index (χ3n) is 3.82. The van der Waals surface area contributed by atoms with E-state index in [9.17, 15) is 5.11 Å². The number of nitrogens with one attached hydrogen (secondary N) is 1. The zero-order chi connectivity index (χ0) is 13.8. The maximum Gasteiger partial charge on any atom is 0.144 e. The summed E-state index contributed by atoms with van der Waals surface area (Å²) in [5.41, 5.74) is 4.47. The molecule has 0 spiro atoms. The minimum atomic E-state index is -0.777. The van der Waals surface area contributed by atoms with E-state index in [1.165, 1.54) is 0 Å². The van der Waals surface area contributed by atoms with Crippen molar-refractivity contribution in [2.45, 2.75) is 45.3 Å². The van der Waals surface area contributed by atoms with Crippen molar-refractivity contribution in [2.24, 2.45) is 16.3 Å². The summed E-state index contributed by atoms with van der Waals surface area (Å²) in [7, 11) is 0. The van der Waals surface area contributed by atoms with Crippen LogP contribution in [0.15, 0.2) is 5.16 Å². The molecule has 0 amide bonds. The van der Waals surface area contributed by atoms with Crippen LogP contribution in [-0.4, -0.2) is 47.6 Å². The van der Waals surface area contributed by atoms with E-state index in [2.05, 4.69) is 10.5 Å². The highest BCUT2D eigenvalue weighted by Gasteiger charge is 2.39. The van der Waals surface area contributed by atoms with E-state index in [0.717, 1.165) is 6.42 Å². The van der Waals surface area contributed by atoms with Gasteiger partial charge in [-0.3, -0.25) is 0 Å². The van der Waals surface area contributed by atoms with Crippen LogP contribution in [0.1, 0.15) is 33.6 Å². The van der Waals surface area contributed by atoms with Gasteiger partial charge in [-0.2, -0.15) is 0 Å². The summed E-state index contributed by atoms with van der Waals surface area (Å²) < 4.78 is 5.36. The molecule has 106 valence electrons. The fraction of sp³-hybridized carbons (Fsp3) is 0.917. The molecule has 0 aromatic heterocycles. The lowest BCUT2D eigenvalue weighted by Crippen LogP contribution is -2.46. The second-order valence-corrected chi connectivity index (χ2v) is 5.66. The Morgan fingerprint density at radius 3 is 2.78 bits per heavy atom. The molecule has 1 aliphatic heterocycles. The SMILES string of the molecule is CC1OCCC1(O)CNCCC(C)(C)C(N)=NO. The molecule has 0 aliphatic carbocycles. The van der Waals surface area contributed by atoms with E-state index >= 15 is 0 Å². The van der Waals surface area contributed by atoms with Crippen LogP contribution in [-0.2, 0) is 4.74 Å². The maximum atomic E-state index is 10.3. The lowest BCUT2D eigenvalue weighted by Gasteiger charge is -2.28. The molecule has 5 N–H and O–H groups in total. The topological polar surface area (TPSA) is 100 Å². The molecule has 0 radical (unpaired) electrons. The lowest BCUT2D eigenvalue weighted by atomic mass is 9.88. The summed E-state index contributed by atoms with van der Waals surface area (Å²) in [6.45, 7) is 7.52. The first-order chi connectivity index (χ1) is 8.32. The first-order valence-corrected chi connectivity index (χ1v) is 6.34. The van der Waals surface area contributed by atoms with Crippen LogP contribution in [0.4, 0.5) is 0 Å². The van der Waals surface area contributed by atoms with Gasteiger partial charge in [-0.05, 0) is 19.9 Å². The predicted molar refractivity (Wildman–Crippen MR) is 69.7 cm³/mol. The number of nitrogens with two attached hydrogens (primary N) is 1. The summed E-state index contributed by atoms with van der Waals surface area (Å²) >= 11 is 0. The Hall–Kier alpha value is -0.850. The van der Waals surface area contributed by atoms with Crippen molar-refractivity contribution >= 4 is 5.84 Å². The van der Waals surface area contributed by atoms with E-state index in [0.29, 0.717) is 26.1 Å². The van der Waals surface area contributed by atoms with E-state index in [1.807, 2.05) is 20.8 Å². The van der Waals surface area contributed by atoms with Crippen molar-refractivity contribution in [3.8, 4) is 0 Å². The zero-order valence-electron chi connectivity index (χ0n) is 11.4. The second-order valence-electron chi connectivity index (χ2n) is 5.66. The average molecular weight is 259 g/mol. The molecule has 6 nitrogen and oxygen atoms in total. The molecular formula is C12H25N3O3. The summed E-state index contributed by atoms with van der Waals surface area (Å²) in [5.74, 6) is 0.223. The van der Waals surface area contributed by atoms with Crippen molar-refractivity contribution in [2.75, 3.05) is 19.7 Å². The Morgan fingerprint density at radius 2 is 2.28 bits per heavy atom. The number of aliphatic hydroxyl groups is 1. The molecule has 1 heterocycles. The Labute approximate surface area is 108 Å². The van der Waals surface area contributed by atoms with Crippen molar-refractivity contribution < 1.29 is 15.1 Å². The molecule has 0 aromatic rings. The van der Waals surface area contributed by atoms with Crippen molar-refractivity contribution in [1.82, 2.24) is 5.32 Å². The molecular weight excluding hydrogens is 234 g/mol. The van der Waals surface area contributed by atoms with Gasteiger partial charge in [0, 0.05) is 25.0 Å². The van der Waals surface area contributed by atoms with E-state index < -0.39 is 5.60 Å². The Kier molecular flexibility index (Phi) is 4.95. The van der Waals surface area contributed by atoms with Gasteiger partial charge >= 0.3 is 0 Å². The Balaban J connectivity index is 2.31. The summed E-state index contributed by atoms with van der Waals surface area (Å²) in [4.78, 5) is 0. The second kappa shape index (κ2) is 5.86. The third-order valence-corrected chi connectivity index (χ3v) is 3.82. The van der Waals surface area contributed by atoms with Gasteiger partial charge in [-0.25, -0.2) is 0 Å². The first-order valence-electron chi connectivity index (χ1n) is 6.34. The van der Waals surface area contributed by atoms with Gasteiger partial charge in [0.05, 0.1) is 6.10 Å². The highest BCUT2D eigenvalue weighted by atomic mass is 16.5. The standard InChI is InChI=1S/C12H25N3O3/c1-9-12(16,5-7-18-9)8-14-6-4-11(2,3)10(13)15-17/h9,14,16-17H,4-8H2,1-3H3,(H2,13,15). The van der Waals surface area contributed by atoms with Crippen LogP contribution in [0.25, 0.3) is 0 Å². The lowest BCUT2D eigenvalue weighted by molar-refractivity contribution is -0.0261. The fourth-order valence-electron chi connectivity index (χ4n) is 1.97. The van der Waals surface area contributed by atoms with Gasteiger partial charge < -0.3 is 26.1 Å². The molecule has 6 heteroatoms. The van der Waals surface area contributed by atoms with Gasteiger partial charge in [0.25, 0.3) is 0 Å². The summed E-state index contributed by atoms with van der Waals surface area (Å²) in [6.07, 6.45) is 1.25. The quantitative estimate of drug-likeness (QED) is 0.180. The minimum Gasteiger partial charge on any atom is -0.409 e. The molecule has 2 atom stereocenters. The minimum absolute atomic E-state index is 0.137. The molecule has 18 heavy (non-hydrogen) atoms. The van der Waals surface area contributed by atoms with Crippen LogP contribution in [0.3, 0.4) is 0 Å². The van der Waals surface area contributed by atoms with Crippen LogP contribution in [0, 0.1) is 5.41 Å². The highest BCUT2D eigenvalue weighted by molar-refractivity contribution is 5.85. The predicted octanol–water partition coefficient (Wildman–Crippen LogP) is 0.279. The van der Waals surface area contributed by atoms with Gasteiger partial charge in [0.1, 0.15) is 11.4 Å². The smallest absolute Gasteiger partial charge is 0.144 e. The highest BCUT2D eigenvalue weighted by Crippen LogP contribution is 2.25. The van der Waals surface area contributed by atoms with Crippen LogP contribution in [0.5, 0.6) is 0 Å². The molecule has 1 saturated heterocycles. The first kappa shape index (κ1) is 15.2. The van der Waals surface area contributed by atoms with Gasteiger partial charge in [-0.15, -0.1) is 0 Å². The normalized spacial score (nSPS) is 29.8. The average Bonchev–Trinajstić information content (AvgIpc) is 2.64. The molecule has 2 unspecified atom stereocenters. The number of nitrogens with zero attached hydrogens (tertiary/aromatic N) is 1. The number of oxime groups is 1. The third kappa shape index (κ3) is 3.57. The zero-order valence-corrected chi connectivity index (χ0v) is 11.4. The van der Waals surface area contributed by atoms with Crippen molar-refractivity contribution in [1.29, 1.82) is 0 Å². The van der Waals surface area contributed by atoms with Gasteiger partial charge in [0.2, 0.25) is 0 Å². The maximum absolute atomic E-state index is 10.3. The molecule has 0 bridgehead atoms. The van der Waals surface area contributed by atoms with Gasteiger partial charge in [0.15, 0.2) is 0 Å². The molecule has 0 saturated carbocycles. The van der Waals surface area contributed by atoms with E-state index in [4.69, 9.17) is 15.7 Å². The fourth-order valence-corrected chi connectivity index (χ4v) is 1.97. The Morgan fingerprint density at radius 1 is 1.61 bits per heavy atom. The van der Waals surface area contributed by atoms with Gasteiger partial charge in [-0.1, -0.05) is 19.0 Å². The summed E-state index contributed by atoms with van der Waals surface area (Å²) in [6, 6.07) is 0. The molecule has 1 aliphatic rings. The van der Waals surface area contributed by atoms with Crippen LogP contribution in [0.2, 0.25) is 0 Å². The number of amidine groups is 1. The molecule has 1 rings (SSSR count). The van der Waals surface area contributed by atoms with Crippen molar-refractivity contribution in [3.05, 3.63) is 0 Å². The summed E-state index contributed by atoms with van der Waals surface area (Å²) in [5, 5.41) is 25.2. The number of ether oxygens (including phenoxy) is 1. The number of hydrogen-bond acceptors (Lipinski definition) is 5. The number of rotatable bonds is 6. The Bertz CT molecular complexity index is 307. The monoisotopic (exact) mass is 259 g/mol. The van der Waals surface area contributed by atoms with Crippen molar-refractivity contribution in [3.63, 3.8) is 0 Å².